The van der Waals surface area contributed by atoms with Gasteiger partial charge in [0.2, 0.25) is 5.91 Å². The van der Waals surface area contributed by atoms with Crippen LogP contribution in [0.1, 0.15) is 12.5 Å². The zero-order chi connectivity index (χ0) is 19.2. The normalized spacial score (nSPS) is 11.9. The van der Waals surface area contributed by atoms with Crippen molar-refractivity contribution < 1.29 is 4.79 Å². The van der Waals surface area contributed by atoms with Crippen LogP contribution in [0.25, 0.3) is 0 Å². The maximum absolute atomic E-state index is 12.7. The zero-order valence-corrected chi connectivity index (χ0v) is 16.1. The van der Waals surface area contributed by atoms with Crippen molar-refractivity contribution in [2.75, 3.05) is 11.9 Å². The lowest BCUT2D eigenvalue weighted by Gasteiger charge is -2.21. The minimum atomic E-state index is -0.374. The Hall–Kier alpha value is -2.80. The van der Waals surface area contributed by atoms with E-state index in [2.05, 4.69) is 10.2 Å². The maximum Gasteiger partial charge on any atom is 0.343 e. The maximum atomic E-state index is 12.7. The molecule has 1 unspecified atom stereocenters. The summed E-state index contributed by atoms with van der Waals surface area (Å²) in [5, 5.41) is 6.74. The number of aromatic nitrogens is 3. The lowest BCUT2D eigenvalue weighted by Crippen LogP contribution is -2.33. The number of anilines is 1. The highest BCUT2D eigenvalue weighted by atomic mass is 32.2. The summed E-state index contributed by atoms with van der Waals surface area (Å²) in [6, 6.07) is 19.4. The van der Waals surface area contributed by atoms with E-state index >= 15 is 0 Å². The number of nitrogens with zero attached hydrogens (tertiary/aromatic N) is 3. The third-order valence-electron chi connectivity index (χ3n) is 4.29. The summed E-state index contributed by atoms with van der Waals surface area (Å²) >= 11 is 1.29. The highest BCUT2D eigenvalue weighted by Gasteiger charge is 2.22. The van der Waals surface area contributed by atoms with Crippen LogP contribution in [-0.4, -0.2) is 33.0 Å². The van der Waals surface area contributed by atoms with Crippen molar-refractivity contribution in [3.63, 3.8) is 0 Å². The topological polar surface area (TPSA) is 71.0 Å². The molecule has 1 heterocycles. The molecular formula is C20H22N4O2S. The lowest BCUT2D eigenvalue weighted by molar-refractivity contribution is -0.117. The average Bonchev–Trinajstić information content (AvgIpc) is 3.05. The predicted molar refractivity (Wildman–Crippen MR) is 108 cm³/mol. The van der Waals surface area contributed by atoms with Crippen LogP contribution in [0, 0.1) is 0 Å². The van der Waals surface area contributed by atoms with Crippen molar-refractivity contribution in [1.82, 2.24) is 14.8 Å². The Labute approximate surface area is 162 Å². The number of amides is 1. The molecule has 0 aliphatic heterocycles. The van der Waals surface area contributed by atoms with Gasteiger partial charge in [0.15, 0.2) is 5.16 Å². The van der Waals surface area contributed by atoms with Crippen LogP contribution >= 0.6 is 11.8 Å². The second-order valence-electron chi connectivity index (χ2n) is 6.19. The van der Waals surface area contributed by atoms with Crippen molar-refractivity contribution in [2.45, 2.75) is 30.3 Å². The second kappa shape index (κ2) is 8.73. The summed E-state index contributed by atoms with van der Waals surface area (Å²) in [7, 11) is 1.75. The number of rotatable bonds is 7. The quantitative estimate of drug-likeness (QED) is 0.638. The molecule has 0 spiro atoms. The average molecular weight is 382 g/mol. The molecule has 0 aliphatic carbocycles. The number of hydrogen-bond donors (Lipinski definition) is 1. The van der Waals surface area contributed by atoms with Gasteiger partial charge in [-0.3, -0.25) is 9.36 Å². The Bertz CT molecular complexity index is 937. The fourth-order valence-corrected chi connectivity index (χ4v) is 3.71. The van der Waals surface area contributed by atoms with E-state index < -0.39 is 0 Å². The van der Waals surface area contributed by atoms with Gasteiger partial charge < -0.3 is 4.90 Å². The van der Waals surface area contributed by atoms with Gasteiger partial charge in [0.1, 0.15) is 0 Å². The van der Waals surface area contributed by atoms with Gasteiger partial charge >= 0.3 is 5.69 Å². The summed E-state index contributed by atoms with van der Waals surface area (Å²) in [4.78, 5) is 26.5. The predicted octanol–water partition coefficient (Wildman–Crippen LogP) is 2.96. The zero-order valence-electron chi connectivity index (χ0n) is 15.3. The van der Waals surface area contributed by atoms with Gasteiger partial charge in [-0.15, -0.1) is 5.10 Å². The summed E-state index contributed by atoms with van der Waals surface area (Å²) in [5.41, 5.74) is 1.72. The number of thioether (sulfide) groups is 1. The number of para-hydroxylation sites is 1. The van der Waals surface area contributed by atoms with E-state index in [1.807, 2.05) is 67.6 Å². The number of aromatic amines is 1. The van der Waals surface area contributed by atoms with E-state index in [0.29, 0.717) is 11.7 Å². The number of carbonyl (C=O) groups is 1. The van der Waals surface area contributed by atoms with E-state index in [1.54, 1.807) is 16.5 Å². The second-order valence-corrected chi connectivity index (χ2v) is 7.50. The van der Waals surface area contributed by atoms with Crippen molar-refractivity contribution in [3.8, 4) is 0 Å². The standard InChI is InChI=1S/C20H22N4O2S/c1-15(18(25)23(2)17-11-7-4-8-12-17)27-20-22-21-19(26)24(20)14-13-16-9-5-3-6-10-16/h3-12,15H,13-14H2,1-2H3,(H,21,26). The third-order valence-corrected chi connectivity index (χ3v) is 5.37. The third kappa shape index (κ3) is 4.68. The molecule has 0 radical (unpaired) electrons. The molecule has 0 saturated carbocycles. The highest BCUT2D eigenvalue weighted by molar-refractivity contribution is 8.00. The van der Waals surface area contributed by atoms with E-state index in [0.717, 1.165) is 17.7 Å². The van der Waals surface area contributed by atoms with Gasteiger partial charge in [-0.2, -0.15) is 0 Å². The summed E-state index contributed by atoms with van der Waals surface area (Å²) in [6.45, 7) is 2.34. The first kappa shape index (κ1) is 19.0. The first-order chi connectivity index (χ1) is 13.1. The van der Waals surface area contributed by atoms with E-state index in [9.17, 15) is 9.59 Å². The first-order valence-corrected chi connectivity index (χ1v) is 9.62. The van der Waals surface area contributed by atoms with Crippen LogP contribution in [-0.2, 0) is 17.8 Å². The molecule has 3 rings (SSSR count). The fourth-order valence-electron chi connectivity index (χ4n) is 2.74. The number of H-pyrrole nitrogens is 1. The molecule has 27 heavy (non-hydrogen) atoms. The SMILES string of the molecule is CC(Sc1n[nH]c(=O)n1CCc1ccccc1)C(=O)N(C)c1ccccc1. The summed E-state index contributed by atoms with van der Waals surface area (Å²) < 4.78 is 1.59. The molecule has 0 fully saturated rings. The van der Waals surface area contributed by atoms with Crippen LogP contribution in [0.4, 0.5) is 5.69 Å². The number of benzene rings is 2. The van der Waals surface area contributed by atoms with Gasteiger partial charge in [-0.1, -0.05) is 60.3 Å². The molecule has 0 aliphatic rings. The number of carbonyl (C=O) groups excluding carboxylic acids is 1. The van der Waals surface area contributed by atoms with Crippen LogP contribution in [0.3, 0.4) is 0 Å². The van der Waals surface area contributed by atoms with Crippen LogP contribution in [0.15, 0.2) is 70.6 Å². The highest BCUT2D eigenvalue weighted by Crippen LogP contribution is 2.23. The molecule has 1 amide bonds. The molecule has 1 N–H and O–H groups in total. The van der Waals surface area contributed by atoms with Crippen molar-refractivity contribution in [3.05, 3.63) is 76.7 Å². The first-order valence-electron chi connectivity index (χ1n) is 8.74. The molecule has 0 saturated heterocycles. The monoisotopic (exact) mass is 382 g/mol. The molecule has 3 aromatic rings. The van der Waals surface area contributed by atoms with Crippen LogP contribution < -0.4 is 10.6 Å². The van der Waals surface area contributed by atoms with E-state index in [1.165, 1.54) is 11.8 Å². The Morgan fingerprint density at radius 1 is 1.15 bits per heavy atom. The summed E-state index contributed by atoms with van der Waals surface area (Å²) in [6.07, 6.45) is 0.722. The Morgan fingerprint density at radius 2 is 1.78 bits per heavy atom. The molecule has 1 aromatic heterocycles. The molecule has 6 nitrogen and oxygen atoms in total. The molecule has 1 atom stereocenters. The molecular weight excluding hydrogens is 360 g/mol. The Morgan fingerprint density at radius 3 is 2.44 bits per heavy atom. The van der Waals surface area contributed by atoms with Gasteiger partial charge in [-0.25, -0.2) is 9.89 Å². The lowest BCUT2D eigenvalue weighted by atomic mass is 10.1. The minimum absolute atomic E-state index is 0.0451. The largest absolute Gasteiger partial charge is 0.343 e. The van der Waals surface area contributed by atoms with Gasteiger partial charge in [0, 0.05) is 19.3 Å². The summed E-state index contributed by atoms with van der Waals surface area (Å²) in [5.74, 6) is -0.0451. The van der Waals surface area contributed by atoms with Crippen LogP contribution in [0.2, 0.25) is 0 Å². The Balaban J connectivity index is 1.68. The van der Waals surface area contributed by atoms with E-state index in [4.69, 9.17) is 0 Å². The molecule has 7 heteroatoms. The number of hydrogen-bond acceptors (Lipinski definition) is 4. The van der Waals surface area contributed by atoms with Crippen molar-refractivity contribution in [2.24, 2.45) is 0 Å². The van der Waals surface area contributed by atoms with E-state index in [-0.39, 0.29) is 16.8 Å². The fraction of sp³-hybridized carbons (Fsp3) is 0.250. The smallest absolute Gasteiger partial charge is 0.315 e. The molecule has 0 bridgehead atoms. The van der Waals surface area contributed by atoms with Gasteiger partial charge in [0.25, 0.3) is 0 Å². The van der Waals surface area contributed by atoms with Crippen LogP contribution in [0.5, 0.6) is 0 Å². The minimum Gasteiger partial charge on any atom is -0.315 e. The molecule has 2 aromatic carbocycles. The van der Waals surface area contributed by atoms with Gasteiger partial charge in [-0.05, 0) is 31.0 Å². The van der Waals surface area contributed by atoms with Gasteiger partial charge in [0.05, 0.1) is 5.25 Å². The number of aryl methyl sites for hydroxylation is 1. The van der Waals surface area contributed by atoms with Crippen molar-refractivity contribution >= 4 is 23.4 Å². The Kier molecular flexibility index (Phi) is 6.13. The molecule has 140 valence electrons. The number of nitrogens with one attached hydrogen (secondary N) is 1. The van der Waals surface area contributed by atoms with Crippen molar-refractivity contribution in [1.29, 1.82) is 0 Å².